The molecule has 3 aromatic rings. The molecular weight excluding hydrogens is 362 g/mol. The fourth-order valence-electron chi connectivity index (χ4n) is 2.46. The van der Waals surface area contributed by atoms with Crippen LogP contribution < -0.4 is 0 Å². The number of para-hydroxylation sites is 1. The Hall–Kier alpha value is -3.94. The lowest BCUT2D eigenvalue weighted by Crippen LogP contribution is -1.93. The molecule has 0 saturated carbocycles. The summed E-state index contributed by atoms with van der Waals surface area (Å²) in [5.74, 6) is -2.52. The number of nitrogens with zero attached hydrogens (tertiary/aromatic N) is 2. The van der Waals surface area contributed by atoms with E-state index >= 15 is 0 Å². The summed E-state index contributed by atoms with van der Waals surface area (Å²) in [5.41, 5.74) is 3.51. The molecule has 0 spiro atoms. The van der Waals surface area contributed by atoms with Crippen molar-refractivity contribution in [1.29, 1.82) is 0 Å². The summed E-state index contributed by atoms with van der Waals surface area (Å²) in [6.07, 6.45) is 7.93. The van der Waals surface area contributed by atoms with Crippen molar-refractivity contribution in [2.24, 2.45) is 7.05 Å². The van der Waals surface area contributed by atoms with E-state index in [-0.39, 0.29) is 5.78 Å². The van der Waals surface area contributed by atoms with Gasteiger partial charge in [0.25, 0.3) is 0 Å². The fourth-order valence-corrected chi connectivity index (χ4v) is 2.46. The smallest absolute Gasteiger partial charge is 0.328 e. The Bertz CT molecular complexity index is 1060. The Kier molecular flexibility index (Phi) is 6.64. The van der Waals surface area contributed by atoms with Gasteiger partial charge in [0.05, 0.1) is 12.0 Å². The van der Waals surface area contributed by atoms with E-state index in [1.54, 1.807) is 18.5 Å². The first kappa shape index (κ1) is 20.4. The van der Waals surface area contributed by atoms with Crippen LogP contribution in [-0.4, -0.2) is 42.5 Å². The number of fused-ring (bicyclic) bond motifs is 1. The van der Waals surface area contributed by atoms with Crippen molar-refractivity contribution in [3.8, 4) is 0 Å². The second kappa shape index (κ2) is 9.13. The van der Waals surface area contributed by atoms with Crippen molar-refractivity contribution in [3.05, 3.63) is 72.0 Å². The van der Waals surface area contributed by atoms with E-state index in [9.17, 15) is 14.4 Å². The second-order valence-corrected chi connectivity index (χ2v) is 5.79. The van der Waals surface area contributed by atoms with Gasteiger partial charge in [0.15, 0.2) is 5.78 Å². The highest BCUT2D eigenvalue weighted by Gasteiger charge is 2.11. The van der Waals surface area contributed by atoms with Crippen LogP contribution in [0.1, 0.15) is 21.7 Å². The van der Waals surface area contributed by atoms with Gasteiger partial charge in [-0.15, -0.1) is 0 Å². The predicted molar refractivity (Wildman–Crippen MR) is 104 cm³/mol. The van der Waals surface area contributed by atoms with Crippen molar-refractivity contribution < 1.29 is 24.6 Å². The van der Waals surface area contributed by atoms with E-state index in [1.807, 2.05) is 49.0 Å². The quantitative estimate of drug-likeness (QED) is 0.461. The standard InChI is InChI=1S/C16H15N3O.C4H4O4/c1-11-14(18-10-17-11)7-8-16(20)13-9-19(2)15-6-4-3-5-12(13)15;5-3(6)1-2-4(7)8/h3-10H,1-2H3,(H,17,18);1-2H,(H,5,6)(H,7,8). The van der Waals surface area contributed by atoms with Gasteiger partial charge in [0.2, 0.25) is 0 Å². The Morgan fingerprint density at radius 2 is 1.71 bits per heavy atom. The normalized spacial score (nSPS) is 10.9. The number of aliphatic carboxylic acids is 2. The summed E-state index contributed by atoms with van der Waals surface area (Å²) in [6.45, 7) is 1.93. The monoisotopic (exact) mass is 381 g/mol. The average molecular weight is 381 g/mol. The molecule has 3 N–H and O–H groups in total. The minimum atomic E-state index is -1.26. The molecule has 0 aliphatic rings. The van der Waals surface area contributed by atoms with E-state index < -0.39 is 11.9 Å². The Labute approximate surface area is 160 Å². The van der Waals surface area contributed by atoms with Gasteiger partial charge in [-0.25, -0.2) is 14.6 Å². The molecular formula is C20H19N3O5. The Balaban J connectivity index is 0.000000300. The first-order chi connectivity index (χ1) is 13.3. The molecule has 8 nitrogen and oxygen atoms in total. The zero-order chi connectivity index (χ0) is 20.7. The van der Waals surface area contributed by atoms with Crippen LogP contribution in [-0.2, 0) is 16.6 Å². The molecule has 0 unspecified atom stereocenters. The molecule has 0 aliphatic carbocycles. The maximum atomic E-state index is 12.3. The molecule has 28 heavy (non-hydrogen) atoms. The molecule has 0 fully saturated rings. The zero-order valence-electron chi connectivity index (χ0n) is 15.3. The maximum absolute atomic E-state index is 12.3. The highest BCUT2D eigenvalue weighted by Crippen LogP contribution is 2.21. The molecule has 2 aromatic heterocycles. The number of H-pyrrole nitrogens is 1. The predicted octanol–water partition coefficient (Wildman–Crippen LogP) is 2.82. The van der Waals surface area contributed by atoms with Crippen molar-refractivity contribution in [3.63, 3.8) is 0 Å². The number of aromatic nitrogens is 3. The number of hydrogen-bond donors (Lipinski definition) is 3. The molecule has 0 saturated heterocycles. The van der Waals surface area contributed by atoms with Crippen molar-refractivity contribution >= 4 is 34.7 Å². The summed E-state index contributed by atoms with van der Waals surface area (Å²) >= 11 is 0. The van der Waals surface area contributed by atoms with Gasteiger partial charge in [-0.05, 0) is 25.1 Å². The third kappa shape index (κ3) is 5.28. The number of carboxylic acid groups (broad SMARTS) is 2. The minimum Gasteiger partial charge on any atom is -0.478 e. The summed E-state index contributed by atoms with van der Waals surface area (Å²) in [4.78, 5) is 38.6. The Morgan fingerprint density at radius 1 is 1.07 bits per heavy atom. The number of benzene rings is 1. The lowest BCUT2D eigenvalue weighted by atomic mass is 10.1. The van der Waals surface area contributed by atoms with Crippen molar-refractivity contribution in [1.82, 2.24) is 14.5 Å². The first-order valence-electron chi connectivity index (χ1n) is 8.20. The molecule has 0 atom stereocenters. The van der Waals surface area contributed by atoms with Crippen LogP contribution in [0.5, 0.6) is 0 Å². The third-order valence-electron chi connectivity index (χ3n) is 3.79. The summed E-state index contributed by atoms with van der Waals surface area (Å²) in [6, 6.07) is 7.89. The third-order valence-corrected chi connectivity index (χ3v) is 3.79. The SMILES string of the molecule is Cc1[nH]cnc1C=CC(=O)c1cn(C)c2ccccc12.O=C(O)C=CC(=O)O. The zero-order valence-corrected chi connectivity index (χ0v) is 15.3. The fraction of sp³-hybridized carbons (Fsp3) is 0.100. The first-order valence-corrected chi connectivity index (χ1v) is 8.20. The highest BCUT2D eigenvalue weighted by molar-refractivity contribution is 6.14. The second-order valence-electron chi connectivity index (χ2n) is 5.79. The number of carbonyl (C=O) groups is 3. The van der Waals surface area contributed by atoms with E-state index in [1.165, 1.54) is 0 Å². The van der Waals surface area contributed by atoms with Gasteiger partial charge < -0.3 is 19.8 Å². The molecule has 1 aromatic carbocycles. The van der Waals surface area contributed by atoms with E-state index in [2.05, 4.69) is 9.97 Å². The minimum absolute atomic E-state index is 0.0100. The van der Waals surface area contributed by atoms with Crippen molar-refractivity contribution in [2.45, 2.75) is 6.92 Å². The Morgan fingerprint density at radius 3 is 2.29 bits per heavy atom. The van der Waals surface area contributed by atoms with Crippen LogP contribution in [0.2, 0.25) is 0 Å². The topological polar surface area (TPSA) is 125 Å². The van der Waals surface area contributed by atoms with Gasteiger partial charge in [-0.1, -0.05) is 18.2 Å². The van der Waals surface area contributed by atoms with Crippen molar-refractivity contribution in [2.75, 3.05) is 0 Å². The number of aryl methyl sites for hydroxylation is 2. The largest absolute Gasteiger partial charge is 0.478 e. The number of aromatic amines is 1. The number of hydrogen-bond acceptors (Lipinski definition) is 4. The van der Waals surface area contributed by atoms with Crippen LogP contribution in [0.15, 0.2) is 55.0 Å². The number of imidazole rings is 1. The molecule has 3 rings (SSSR count). The van der Waals surface area contributed by atoms with E-state index in [4.69, 9.17) is 10.2 Å². The molecule has 0 aliphatic heterocycles. The van der Waals surface area contributed by atoms with Gasteiger partial charge in [-0.2, -0.15) is 0 Å². The lowest BCUT2D eigenvalue weighted by molar-refractivity contribution is -0.134. The number of rotatable bonds is 5. The molecule has 8 heteroatoms. The number of ketones is 1. The molecule has 0 radical (unpaired) electrons. The molecule has 0 bridgehead atoms. The van der Waals surface area contributed by atoms with Gasteiger partial charge in [0.1, 0.15) is 0 Å². The van der Waals surface area contributed by atoms with Crippen LogP contribution in [0.4, 0.5) is 0 Å². The van der Waals surface area contributed by atoms with Gasteiger partial charge >= 0.3 is 11.9 Å². The summed E-state index contributed by atoms with van der Waals surface area (Å²) in [5, 5.41) is 16.6. The number of allylic oxidation sites excluding steroid dienone is 1. The van der Waals surface area contributed by atoms with E-state index in [0.717, 1.165) is 22.3 Å². The molecule has 0 amide bonds. The number of carbonyl (C=O) groups excluding carboxylic acids is 1. The van der Waals surface area contributed by atoms with Gasteiger partial charge in [0, 0.05) is 47.6 Å². The van der Waals surface area contributed by atoms with E-state index in [0.29, 0.717) is 17.7 Å². The number of carboxylic acids is 2. The van der Waals surface area contributed by atoms with Crippen LogP contribution in [0, 0.1) is 6.92 Å². The summed E-state index contributed by atoms with van der Waals surface area (Å²) < 4.78 is 1.97. The maximum Gasteiger partial charge on any atom is 0.328 e. The lowest BCUT2D eigenvalue weighted by Gasteiger charge is -1.94. The van der Waals surface area contributed by atoms with Crippen LogP contribution in [0.25, 0.3) is 17.0 Å². The number of nitrogens with one attached hydrogen (secondary N) is 1. The van der Waals surface area contributed by atoms with Crippen LogP contribution >= 0.6 is 0 Å². The molecule has 144 valence electrons. The summed E-state index contributed by atoms with van der Waals surface area (Å²) in [7, 11) is 1.95. The highest BCUT2D eigenvalue weighted by atomic mass is 16.4. The van der Waals surface area contributed by atoms with Crippen LogP contribution in [0.3, 0.4) is 0 Å². The molecule has 2 heterocycles. The van der Waals surface area contributed by atoms with Gasteiger partial charge in [-0.3, -0.25) is 4.79 Å². The average Bonchev–Trinajstić information content (AvgIpc) is 3.22.